The summed E-state index contributed by atoms with van der Waals surface area (Å²) in [5, 5.41) is 8.04. The molecule has 0 aliphatic heterocycles. The Balaban J connectivity index is 2.37. The van der Waals surface area contributed by atoms with Crippen molar-refractivity contribution in [2.75, 3.05) is 18.4 Å². The van der Waals surface area contributed by atoms with Crippen molar-refractivity contribution in [1.29, 1.82) is 0 Å². The van der Waals surface area contributed by atoms with Gasteiger partial charge in [0.1, 0.15) is 5.52 Å². The highest BCUT2D eigenvalue weighted by Crippen LogP contribution is 2.23. The summed E-state index contributed by atoms with van der Waals surface area (Å²) in [5.41, 5.74) is 7.44. The molecule has 2 rings (SSSR count). The van der Waals surface area contributed by atoms with Gasteiger partial charge in [0, 0.05) is 13.1 Å². The van der Waals surface area contributed by atoms with E-state index in [0.29, 0.717) is 19.0 Å². The molecular formula is C10H13N3O. The van der Waals surface area contributed by atoms with Crippen molar-refractivity contribution in [3.63, 3.8) is 0 Å². The van der Waals surface area contributed by atoms with Crippen molar-refractivity contribution in [2.24, 2.45) is 5.73 Å². The van der Waals surface area contributed by atoms with Crippen LogP contribution in [0.1, 0.15) is 5.56 Å². The van der Waals surface area contributed by atoms with Crippen LogP contribution >= 0.6 is 0 Å². The second kappa shape index (κ2) is 3.67. The lowest BCUT2D eigenvalue weighted by atomic mass is 10.2. The number of fused-ring (bicyclic) bond motifs is 1. The molecule has 3 N–H and O–H groups in total. The van der Waals surface area contributed by atoms with Gasteiger partial charge in [-0.1, -0.05) is 11.2 Å². The smallest absolute Gasteiger partial charge is 0.232 e. The third-order valence-corrected chi connectivity index (χ3v) is 2.06. The van der Waals surface area contributed by atoms with Gasteiger partial charge >= 0.3 is 0 Å². The minimum atomic E-state index is 0.577. The Bertz CT molecular complexity index is 436. The molecule has 0 saturated heterocycles. The molecule has 0 radical (unpaired) electrons. The van der Waals surface area contributed by atoms with Crippen LogP contribution in [0.15, 0.2) is 22.7 Å². The van der Waals surface area contributed by atoms with Gasteiger partial charge < -0.3 is 15.6 Å². The van der Waals surface area contributed by atoms with E-state index in [9.17, 15) is 0 Å². The Morgan fingerprint density at radius 1 is 1.50 bits per heavy atom. The lowest BCUT2D eigenvalue weighted by Crippen LogP contribution is -2.12. The fraction of sp³-hybridized carbons (Fsp3) is 0.300. The molecule has 2 aromatic rings. The van der Waals surface area contributed by atoms with Crippen LogP contribution in [0.3, 0.4) is 0 Å². The van der Waals surface area contributed by atoms with Gasteiger partial charge in [-0.3, -0.25) is 0 Å². The lowest BCUT2D eigenvalue weighted by Gasteiger charge is -1.98. The maximum absolute atomic E-state index is 5.39. The Kier molecular flexibility index (Phi) is 2.37. The highest BCUT2D eigenvalue weighted by molar-refractivity contribution is 5.88. The van der Waals surface area contributed by atoms with Crippen LogP contribution in [-0.4, -0.2) is 18.2 Å². The van der Waals surface area contributed by atoms with Crippen LogP contribution < -0.4 is 11.1 Å². The van der Waals surface area contributed by atoms with Gasteiger partial charge in [-0.2, -0.15) is 0 Å². The molecule has 1 aromatic carbocycles. The van der Waals surface area contributed by atoms with Crippen molar-refractivity contribution < 1.29 is 4.52 Å². The van der Waals surface area contributed by atoms with Gasteiger partial charge in [-0.15, -0.1) is 0 Å². The summed E-state index contributed by atoms with van der Waals surface area (Å²) in [4.78, 5) is 0. The molecule has 0 bridgehead atoms. The number of nitrogens with one attached hydrogen (secondary N) is 1. The number of aryl methyl sites for hydroxylation is 1. The Hall–Kier alpha value is -1.55. The molecule has 4 nitrogen and oxygen atoms in total. The minimum Gasteiger partial charge on any atom is -0.352 e. The molecule has 0 fully saturated rings. The Labute approximate surface area is 82.1 Å². The van der Waals surface area contributed by atoms with Crippen LogP contribution in [0.4, 0.5) is 5.88 Å². The summed E-state index contributed by atoms with van der Waals surface area (Å²) >= 11 is 0. The molecule has 0 aliphatic carbocycles. The van der Waals surface area contributed by atoms with E-state index in [2.05, 4.69) is 10.5 Å². The number of rotatable bonds is 3. The molecular weight excluding hydrogens is 178 g/mol. The number of nitrogens with zero attached hydrogens (tertiary/aromatic N) is 1. The average Bonchev–Trinajstić information content (AvgIpc) is 2.57. The van der Waals surface area contributed by atoms with Crippen LogP contribution in [0.25, 0.3) is 10.9 Å². The average molecular weight is 191 g/mol. The van der Waals surface area contributed by atoms with Gasteiger partial charge in [-0.05, 0) is 24.6 Å². The van der Waals surface area contributed by atoms with E-state index in [1.165, 1.54) is 5.56 Å². The molecule has 0 aliphatic rings. The summed E-state index contributed by atoms with van der Waals surface area (Å²) in [6, 6.07) is 6.03. The molecule has 0 saturated carbocycles. The quantitative estimate of drug-likeness (QED) is 0.771. The van der Waals surface area contributed by atoms with Crippen LogP contribution in [0.5, 0.6) is 0 Å². The summed E-state index contributed by atoms with van der Waals surface area (Å²) in [5.74, 6) is 0.699. The van der Waals surface area contributed by atoms with Crippen LogP contribution in [0, 0.1) is 6.92 Å². The van der Waals surface area contributed by atoms with Gasteiger partial charge in [0.2, 0.25) is 5.88 Å². The second-order valence-corrected chi connectivity index (χ2v) is 3.25. The predicted molar refractivity (Wildman–Crippen MR) is 56.3 cm³/mol. The number of aromatic nitrogens is 1. The number of nitrogens with two attached hydrogens (primary N) is 1. The zero-order valence-electron chi connectivity index (χ0n) is 8.08. The van der Waals surface area contributed by atoms with Gasteiger partial charge in [0.15, 0.2) is 0 Å². The molecule has 0 atom stereocenters. The molecule has 0 amide bonds. The Morgan fingerprint density at radius 2 is 2.36 bits per heavy atom. The van der Waals surface area contributed by atoms with Crippen molar-refractivity contribution in [3.05, 3.63) is 23.8 Å². The van der Waals surface area contributed by atoms with Gasteiger partial charge in [0.05, 0.1) is 5.39 Å². The molecule has 14 heavy (non-hydrogen) atoms. The van der Waals surface area contributed by atoms with Crippen molar-refractivity contribution in [3.8, 4) is 0 Å². The predicted octanol–water partition coefficient (Wildman–Crippen LogP) is 1.51. The van der Waals surface area contributed by atoms with Crippen molar-refractivity contribution >= 4 is 16.8 Å². The zero-order valence-corrected chi connectivity index (χ0v) is 8.08. The lowest BCUT2D eigenvalue weighted by molar-refractivity contribution is 0.441. The van der Waals surface area contributed by atoms with E-state index >= 15 is 0 Å². The van der Waals surface area contributed by atoms with Crippen LogP contribution in [-0.2, 0) is 0 Å². The number of hydrogen-bond acceptors (Lipinski definition) is 4. The monoisotopic (exact) mass is 191 g/mol. The molecule has 4 heteroatoms. The topological polar surface area (TPSA) is 64.1 Å². The van der Waals surface area contributed by atoms with E-state index < -0.39 is 0 Å². The highest BCUT2D eigenvalue weighted by atomic mass is 16.5. The van der Waals surface area contributed by atoms with Gasteiger partial charge in [-0.25, -0.2) is 0 Å². The summed E-state index contributed by atoms with van der Waals surface area (Å²) in [6.45, 7) is 3.30. The normalized spacial score (nSPS) is 10.7. The molecule has 0 unspecified atom stereocenters. The molecule has 1 heterocycles. The Morgan fingerprint density at radius 3 is 3.14 bits per heavy atom. The SMILES string of the molecule is Cc1ccc2c(NCCN)onc2c1. The van der Waals surface area contributed by atoms with Crippen molar-refractivity contribution in [1.82, 2.24) is 5.16 Å². The number of benzene rings is 1. The van der Waals surface area contributed by atoms with E-state index in [-0.39, 0.29) is 0 Å². The van der Waals surface area contributed by atoms with Gasteiger partial charge in [0.25, 0.3) is 0 Å². The first-order chi connectivity index (χ1) is 6.81. The first-order valence-corrected chi connectivity index (χ1v) is 4.61. The zero-order chi connectivity index (χ0) is 9.97. The van der Waals surface area contributed by atoms with Crippen molar-refractivity contribution in [2.45, 2.75) is 6.92 Å². The summed E-state index contributed by atoms with van der Waals surface area (Å²) < 4.78 is 5.16. The highest BCUT2D eigenvalue weighted by Gasteiger charge is 2.06. The maximum atomic E-state index is 5.39. The van der Waals surface area contributed by atoms with E-state index in [4.69, 9.17) is 10.3 Å². The largest absolute Gasteiger partial charge is 0.352 e. The third kappa shape index (κ3) is 1.56. The van der Waals surface area contributed by atoms with E-state index in [1.54, 1.807) is 0 Å². The fourth-order valence-electron chi connectivity index (χ4n) is 1.37. The molecule has 1 aromatic heterocycles. The summed E-state index contributed by atoms with van der Waals surface area (Å²) in [7, 11) is 0. The first-order valence-electron chi connectivity index (χ1n) is 4.61. The van der Waals surface area contributed by atoms with E-state index in [0.717, 1.165) is 10.9 Å². The minimum absolute atomic E-state index is 0.577. The number of anilines is 1. The summed E-state index contributed by atoms with van der Waals surface area (Å²) in [6.07, 6.45) is 0. The first kappa shape index (κ1) is 9.02. The standard InChI is InChI=1S/C10H13N3O/c1-7-2-3-8-9(6-7)13-14-10(8)12-5-4-11/h2-3,6,12H,4-5,11H2,1H3. The third-order valence-electron chi connectivity index (χ3n) is 2.06. The maximum Gasteiger partial charge on any atom is 0.232 e. The fourth-order valence-corrected chi connectivity index (χ4v) is 1.37. The van der Waals surface area contributed by atoms with Crippen LogP contribution in [0.2, 0.25) is 0 Å². The molecule has 74 valence electrons. The molecule has 0 spiro atoms. The number of hydrogen-bond donors (Lipinski definition) is 2. The van der Waals surface area contributed by atoms with E-state index in [1.807, 2.05) is 25.1 Å². The second-order valence-electron chi connectivity index (χ2n) is 3.25.